The summed E-state index contributed by atoms with van der Waals surface area (Å²) in [6.07, 6.45) is 1.71. The minimum absolute atomic E-state index is 0.167. The summed E-state index contributed by atoms with van der Waals surface area (Å²) < 4.78 is 1.69. The zero-order valence-corrected chi connectivity index (χ0v) is 19.2. The van der Waals surface area contributed by atoms with E-state index in [1.807, 2.05) is 85.8 Å². The van der Waals surface area contributed by atoms with Crippen LogP contribution in [0.15, 0.2) is 95.9 Å². The van der Waals surface area contributed by atoms with E-state index in [2.05, 4.69) is 15.3 Å². The summed E-state index contributed by atoms with van der Waals surface area (Å²) in [5.41, 5.74) is 9.05. The standard InChI is InChI=1S/C27H22ClN5O/c1-17(31-25-21(16-30-27(29)32-25)18-9-4-2-5-10-18)23-15-19-11-8-14-22(28)24(19)26(34)33(23)20-12-6-3-7-13-20/h2-17H,1H3,(H3,29,30,31,32)/t17-/m0/s1. The van der Waals surface area contributed by atoms with E-state index in [-0.39, 0.29) is 17.5 Å². The van der Waals surface area contributed by atoms with Crippen molar-refractivity contribution in [2.75, 3.05) is 11.1 Å². The first kappa shape index (κ1) is 21.7. The van der Waals surface area contributed by atoms with E-state index < -0.39 is 0 Å². The lowest BCUT2D eigenvalue weighted by Gasteiger charge is -2.22. The molecular weight excluding hydrogens is 446 g/mol. The highest BCUT2D eigenvalue weighted by molar-refractivity contribution is 6.35. The van der Waals surface area contributed by atoms with Crippen molar-refractivity contribution in [1.82, 2.24) is 14.5 Å². The van der Waals surface area contributed by atoms with Gasteiger partial charge in [-0.15, -0.1) is 0 Å². The smallest absolute Gasteiger partial charge is 0.264 e. The molecule has 0 radical (unpaired) electrons. The van der Waals surface area contributed by atoms with Crippen molar-refractivity contribution in [2.45, 2.75) is 13.0 Å². The Hall–Kier alpha value is -4.16. The molecule has 2 heterocycles. The predicted molar refractivity (Wildman–Crippen MR) is 138 cm³/mol. The first-order valence-corrected chi connectivity index (χ1v) is 11.2. The molecule has 0 fully saturated rings. The van der Waals surface area contributed by atoms with Gasteiger partial charge >= 0.3 is 0 Å². The molecule has 1 atom stereocenters. The number of nitrogen functional groups attached to an aromatic ring is 1. The molecule has 0 aliphatic heterocycles. The fourth-order valence-corrected chi connectivity index (χ4v) is 4.38. The quantitative estimate of drug-likeness (QED) is 0.338. The van der Waals surface area contributed by atoms with Crippen molar-refractivity contribution in [1.29, 1.82) is 0 Å². The molecule has 3 aromatic carbocycles. The predicted octanol–water partition coefficient (Wildman–Crippen LogP) is 5.86. The van der Waals surface area contributed by atoms with Gasteiger partial charge < -0.3 is 11.1 Å². The fraction of sp³-hybridized carbons (Fsp3) is 0.0741. The summed E-state index contributed by atoms with van der Waals surface area (Å²) in [4.78, 5) is 22.3. The second-order valence-electron chi connectivity index (χ2n) is 7.97. The molecule has 5 aromatic rings. The number of para-hydroxylation sites is 1. The maximum atomic E-state index is 13.7. The number of hydrogen-bond donors (Lipinski definition) is 2. The van der Waals surface area contributed by atoms with Crippen molar-refractivity contribution in [3.8, 4) is 16.8 Å². The Balaban J connectivity index is 1.68. The molecule has 0 saturated carbocycles. The molecule has 0 saturated heterocycles. The number of anilines is 2. The lowest BCUT2D eigenvalue weighted by Crippen LogP contribution is -2.26. The molecular formula is C27H22ClN5O. The number of benzene rings is 3. The molecule has 5 rings (SSSR count). The lowest BCUT2D eigenvalue weighted by molar-refractivity contribution is 0.773. The van der Waals surface area contributed by atoms with E-state index in [4.69, 9.17) is 17.3 Å². The number of fused-ring (bicyclic) bond motifs is 1. The summed E-state index contributed by atoms with van der Waals surface area (Å²) >= 11 is 6.43. The molecule has 6 nitrogen and oxygen atoms in total. The van der Waals surface area contributed by atoms with Crippen LogP contribution in [0.2, 0.25) is 5.02 Å². The molecule has 34 heavy (non-hydrogen) atoms. The van der Waals surface area contributed by atoms with Gasteiger partial charge in [-0.3, -0.25) is 9.36 Å². The summed E-state index contributed by atoms with van der Waals surface area (Å²) in [5.74, 6) is 0.754. The third-order valence-electron chi connectivity index (χ3n) is 5.73. The number of aromatic nitrogens is 3. The van der Waals surface area contributed by atoms with Gasteiger partial charge in [-0.2, -0.15) is 4.98 Å². The Bertz CT molecular complexity index is 1530. The van der Waals surface area contributed by atoms with Crippen LogP contribution in [0, 0.1) is 0 Å². The van der Waals surface area contributed by atoms with E-state index in [0.717, 1.165) is 27.9 Å². The highest BCUT2D eigenvalue weighted by Crippen LogP contribution is 2.31. The zero-order chi connectivity index (χ0) is 23.7. The number of nitrogens with two attached hydrogens (primary N) is 1. The van der Waals surface area contributed by atoms with Crippen LogP contribution in [0.4, 0.5) is 11.8 Å². The molecule has 7 heteroatoms. The molecule has 0 aliphatic rings. The van der Waals surface area contributed by atoms with Crippen molar-refractivity contribution in [2.24, 2.45) is 0 Å². The Morgan fingerprint density at radius 2 is 1.68 bits per heavy atom. The van der Waals surface area contributed by atoms with Gasteiger partial charge in [0.2, 0.25) is 5.95 Å². The van der Waals surface area contributed by atoms with Crippen molar-refractivity contribution < 1.29 is 0 Å². The van der Waals surface area contributed by atoms with E-state index in [9.17, 15) is 4.79 Å². The van der Waals surface area contributed by atoms with Gasteiger partial charge in [-0.1, -0.05) is 72.3 Å². The van der Waals surface area contributed by atoms with Gasteiger partial charge in [0.15, 0.2) is 0 Å². The van der Waals surface area contributed by atoms with E-state index >= 15 is 0 Å². The highest BCUT2D eigenvalue weighted by Gasteiger charge is 2.19. The van der Waals surface area contributed by atoms with Crippen LogP contribution in [0.3, 0.4) is 0 Å². The number of halogens is 1. The summed E-state index contributed by atoms with van der Waals surface area (Å²) in [6, 6.07) is 26.5. The number of nitrogens with zero attached hydrogens (tertiary/aromatic N) is 3. The summed E-state index contributed by atoms with van der Waals surface area (Å²) in [7, 11) is 0. The monoisotopic (exact) mass is 467 g/mol. The molecule has 2 aromatic heterocycles. The highest BCUT2D eigenvalue weighted by atomic mass is 35.5. The Morgan fingerprint density at radius 1 is 0.971 bits per heavy atom. The maximum absolute atomic E-state index is 13.7. The van der Waals surface area contributed by atoms with Crippen LogP contribution >= 0.6 is 11.6 Å². The second-order valence-corrected chi connectivity index (χ2v) is 8.38. The number of hydrogen-bond acceptors (Lipinski definition) is 5. The molecule has 168 valence electrons. The van der Waals surface area contributed by atoms with Crippen molar-refractivity contribution in [3.63, 3.8) is 0 Å². The minimum Gasteiger partial charge on any atom is -0.368 e. The van der Waals surface area contributed by atoms with Crippen LogP contribution < -0.4 is 16.6 Å². The average molecular weight is 468 g/mol. The summed E-state index contributed by atoms with van der Waals surface area (Å²) in [5, 5.41) is 5.15. The van der Waals surface area contributed by atoms with Crippen LogP contribution in [-0.4, -0.2) is 14.5 Å². The second kappa shape index (κ2) is 9.00. The van der Waals surface area contributed by atoms with Crippen LogP contribution in [0.5, 0.6) is 0 Å². The van der Waals surface area contributed by atoms with Crippen LogP contribution in [0.1, 0.15) is 18.7 Å². The first-order chi connectivity index (χ1) is 16.5. The van der Waals surface area contributed by atoms with Crippen molar-refractivity contribution >= 4 is 34.1 Å². The normalized spacial score (nSPS) is 11.9. The first-order valence-electron chi connectivity index (χ1n) is 10.9. The van der Waals surface area contributed by atoms with Gasteiger partial charge in [0, 0.05) is 23.1 Å². The van der Waals surface area contributed by atoms with E-state index in [0.29, 0.717) is 16.2 Å². The fourth-order valence-electron chi connectivity index (χ4n) is 4.12. The topological polar surface area (TPSA) is 85.8 Å². The Morgan fingerprint density at radius 3 is 2.41 bits per heavy atom. The van der Waals surface area contributed by atoms with E-state index in [1.54, 1.807) is 16.8 Å². The third-order valence-corrected chi connectivity index (χ3v) is 6.04. The number of nitrogens with one attached hydrogen (secondary N) is 1. The van der Waals surface area contributed by atoms with Gasteiger partial charge in [-0.05, 0) is 42.1 Å². The molecule has 0 unspecified atom stereocenters. The summed E-state index contributed by atoms with van der Waals surface area (Å²) in [6.45, 7) is 1.98. The van der Waals surface area contributed by atoms with E-state index in [1.165, 1.54) is 0 Å². The molecule has 3 N–H and O–H groups in total. The minimum atomic E-state index is -0.298. The van der Waals surface area contributed by atoms with Gasteiger partial charge in [0.1, 0.15) is 5.82 Å². The molecule has 0 aliphatic carbocycles. The van der Waals surface area contributed by atoms with Gasteiger partial charge in [0.25, 0.3) is 5.56 Å². The van der Waals surface area contributed by atoms with Gasteiger partial charge in [-0.25, -0.2) is 4.98 Å². The Labute approximate surface area is 201 Å². The Kier molecular flexibility index (Phi) is 5.74. The maximum Gasteiger partial charge on any atom is 0.264 e. The molecule has 0 bridgehead atoms. The average Bonchev–Trinajstić information content (AvgIpc) is 2.85. The van der Waals surface area contributed by atoms with Crippen LogP contribution in [-0.2, 0) is 0 Å². The molecule has 0 amide bonds. The number of rotatable bonds is 5. The number of pyridine rings is 1. The zero-order valence-electron chi connectivity index (χ0n) is 18.4. The van der Waals surface area contributed by atoms with Crippen LogP contribution in [0.25, 0.3) is 27.6 Å². The van der Waals surface area contributed by atoms with Crippen molar-refractivity contribution in [3.05, 3.63) is 112 Å². The third kappa shape index (κ3) is 4.00. The molecule has 0 spiro atoms. The van der Waals surface area contributed by atoms with Gasteiger partial charge in [0.05, 0.1) is 16.5 Å². The largest absolute Gasteiger partial charge is 0.368 e. The SMILES string of the molecule is C[C@H](Nc1nc(N)ncc1-c1ccccc1)c1cc2cccc(Cl)c2c(=O)n1-c1ccccc1. The lowest BCUT2D eigenvalue weighted by atomic mass is 10.1.